The molecule has 0 spiro atoms. The van der Waals surface area contributed by atoms with E-state index in [1.54, 1.807) is 0 Å². The zero-order chi connectivity index (χ0) is 14.5. The Morgan fingerprint density at radius 3 is 2.68 bits per heavy atom. The summed E-state index contributed by atoms with van der Waals surface area (Å²) in [6, 6.07) is 0. The van der Waals surface area contributed by atoms with Crippen molar-refractivity contribution in [1.29, 1.82) is 0 Å². The zero-order valence-electron chi connectivity index (χ0n) is 12.9. The predicted octanol–water partition coefficient (Wildman–Crippen LogP) is 3.43. The molecule has 1 aliphatic carbocycles. The van der Waals surface area contributed by atoms with Gasteiger partial charge in [0.1, 0.15) is 5.60 Å². The average Bonchev–Trinajstić information content (AvgIpc) is 2.24. The van der Waals surface area contributed by atoms with Crippen molar-refractivity contribution in [3.8, 4) is 0 Å². The fourth-order valence-corrected chi connectivity index (χ4v) is 2.62. The number of carbonyl (C=O) groups excluding carboxylic acids is 1. The lowest BCUT2D eigenvalue weighted by atomic mass is 9.82. The standard InChI is InChI=1S/C16H29NO2/c1-12-6-5-7-13(8-9-14(12)11-17)10-15(18)19-16(2,3)4/h7,12,14H,5-6,8-11,17H2,1-4H3/b13-7+. The minimum atomic E-state index is -0.395. The van der Waals surface area contributed by atoms with Gasteiger partial charge in [-0.3, -0.25) is 4.79 Å². The summed E-state index contributed by atoms with van der Waals surface area (Å²) in [4.78, 5) is 11.9. The van der Waals surface area contributed by atoms with Gasteiger partial charge in [0.15, 0.2) is 0 Å². The Labute approximate surface area is 117 Å². The molecule has 0 radical (unpaired) electrons. The molecule has 0 saturated heterocycles. The van der Waals surface area contributed by atoms with Crippen molar-refractivity contribution in [2.45, 2.75) is 65.4 Å². The molecule has 1 rings (SSSR count). The molecule has 2 N–H and O–H groups in total. The molecule has 19 heavy (non-hydrogen) atoms. The molecule has 0 amide bonds. The fraction of sp³-hybridized carbons (Fsp3) is 0.812. The van der Waals surface area contributed by atoms with Crippen LogP contribution in [0.4, 0.5) is 0 Å². The van der Waals surface area contributed by atoms with E-state index in [1.165, 1.54) is 12.0 Å². The van der Waals surface area contributed by atoms with Crippen LogP contribution in [0.3, 0.4) is 0 Å². The van der Waals surface area contributed by atoms with E-state index in [-0.39, 0.29) is 5.97 Å². The minimum Gasteiger partial charge on any atom is -0.460 e. The van der Waals surface area contributed by atoms with Crippen molar-refractivity contribution in [3.63, 3.8) is 0 Å². The van der Waals surface area contributed by atoms with E-state index in [0.717, 1.165) is 25.8 Å². The Morgan fingerprint density at radius 2 is 2.11 bits per heavy atom. The van der Waals surface area contributed by atoms with E-state index in [2.05, 4.69) is 13.0 Å². The van der Waals surface area contributed by atoms with Gasteiger partial charge in [-0.1, -0.05) is 18.6 Å². The number of nitrogens with two attached hydrogens (primary N) is 1. The molecular formula is C16H29NO2. The molecule has 3 heteroatoms. The van der Waals surface area contributed by atoms with Crippen molar-refractivity contribution in [2.75, 3.05) is 6.54 Å². The fourth-order valence-electron chi connectivity index (χ4n) is 2.62. The van der Waals surface area contributed by atoms with E-state index >= 15 is 0 Å². The van der Waals surface area contributed by atoms with Crippen LogP contribution in [0, 0.1) is 11.8 Å². The lowest BCUT2D eigenvalue weighted by Gasteiger charge is -2.25. The summed E-state index contributed by atoms with van der Waals surface area (Å²) >= 11 is 0. The van der Waals surface area contributed by atoms with Crippen LogP contribution in [0.2, 0.25) is 0 Å². The third-order valence-corrected chi connectivity index (χ3v) is 3.79. The Kier molecular flexibility index (Phi) is 6.05. The molecule has 0 aromatic heterocycles. The summed E-state index contributed by atoms with van der Waals surface area (Å²) in [5, 5.41) is 0. The van der Waals surface area contributed by atoms with E-state index in [1.807, 2.05) is 20.8 Å². The monoisotopic (exact) mass is 267 g/mol. The van der Waals surface area contributed by atoms with Gasteiger partial charge in [0.2, 0.25) is 0 Å². The maximum atomic E-state index is 11.9. The molecule has 3 nitrogen and oxygen atoms in total. The minimum absolute atomic E-state index is 0.114. The molecule has 0 heterocycles. The summed E-state index contributed by atoms with van der Waals surface area (Å²) in [6.07, 6.45) is 6.95. The molecular weight excluding hydrogens is 238 g/mol. The van der Waals surface area contributed by atoms with E-state index in [4.69, 9.17) is 10.5 Å². The molecule has 110 valence electrons. The smallest absolute Gasteiger partial charge is 0.310 e. The average molecular weight is 267 g/mol. The van der Waals surface area contributed by atoms with Gasteiger partial charge in [-0.25, -0.2) is 0 Å². The highest BCUT2D eigenvalue weighted by molar-refractivity contribution is 5.72. The van der Waals surface area contributed by atoms with Crippen LogP contribution in [0.5, 0.6) is 0 Å². The quantitative estimate of drug-likeness (QED) is 0.629. The first kappa shape index (κ1) is 16.2. The van der Waals surface area contributed by atoms with E-state index in [9.17, 15) is 4.79 Å². The summed E-state index contributed by atoms with van der Waals surface area (Å²) in [6.45, 7) is 8.75. The second-order valence-corrected chi connectivity index (χ2v) is 6.71. The van der Waals surface area contributed by atoms with E-state index < -0.39 is 5.60 Å². The third kappa shape index (κ3) is 6.24. The first-order valence-corrected chi connectivity index (χ1v) is 7.41. The lowest BCUT2D eigenvalue weighted by Crippen LogP contribution is -2.25. The van der Waals surface area contributed by atoms with Crippen molar-refractivity contribution in [3.05, 3.63) is 11.6 Å². The second kappa shape index (κ2) is 7.09. The second-order valence-electron chi connectivity index (χ2n) is 6.71. The number of esters is 1. The molecule has 0 fully saturated rings. The highest BCUT2D eigenvalue weighted by Gasteiger charge is 2.21. The first-order valence-electron chi connectivity index (χ1n) is 7.41. The number of hydrogen-bond acceptors (Lipinski definition) is 3. The molecule has 0 aromatic carbocycles. The van der Waals surface area contributed by atoms with Gasteiger partial charge in [-0.2, -0.15) is 0 Å². The van der Waals surface area contributed by atoms with Gasteiger partial charge in [0.05, 0.1) is 6.42 Å². The number of carbonyl (C=O) groups is 1. The topological polar surface area (TPSA) is 52.3 Å². The van der Waals surface area contributed by atoms with Crippen molar-refractivity contribution < 1.29 is 9.53 Å². The van der Waals surface area contributed by atoms with Crippen LogP contribution in [0.25, 0.3) is 0 Å². The highest BCUT2D eigenvalue weighted by Crippen LogP contribution is 2.28. The third-order valence-electron chi connectivity index (χ3n) is 3.79. The van der Waals surface area contributed by atoms with Crippen molar-refractivity contribution in [2.24, 2.45) is 17.6 Å². The maximum absolute atomic E-state index is 11.9. The Bertz CT molecular complexity index is 328. The number of hydrogen-bond donors (Lipinski definition) is 1. The Balaban J connectivity index is 2.54. The molecule has 0 aromatic rings. The van der Waals surface area contributed by atoms with Gasteiger partial charge in [0, 0.05) is 0 Å². The van der Waals surface area contributed by atoms with Gasteiger partial charge in [-0.15, -0.1) is 0 Å². The number of rotatable bonds is 3. The molecule has 2 atom stereocenters. The van der Waals surface area contributed by atoms with E-state index in [0.29, 0.717) is 18.3 Å². The Morgan fingerprint density at radius 1 is 1.42 bits per heavy atom. The predicted molar refractivity (Wildman–Crippen MR) is 78.7 cm³/mol. The molecule has 0 bridgehead atoms. The summed E-state index contributed by atoms with van der Waals surface area (Å²) < 4.78 is 5.38. The number of ether oxygens (including phenoxy) is 1. The summed E-state index contributed by atoms with van der Waals surface area (Å²) in [5.41, 5.74) is 6.66. The van der Waals surface area contributed by atoms with Crippen molar-refractivity contribution >= 4 is 5.97 Å². The maximum Gasteiger partial charge on any atom is 0.310 e. The largest absolute Gasteiger partial charge is 0.460 e. The zero-order valence-corrected chi connectivity index (χ0v) is 12.9. The van der Waals surface area contributed by atoms with Crippen molar-refractivity contribution in [1.82, 2.24) is 0 Å². The molecule has 2 unspecified atom stereocenters. The van der Waals surface area contributed by atoms with Gasteiger partial charge < -0.3 is 10.5 Å². The van der Waals surface area contributed by atoms with Gasteiger partial charge in [0.25, 0.3) is 0 Å². The normalized spacial score (nSPS) is 27.9. The molecule has 0 aliphatic heterocycles. The van der Waals surface area contributed by atoms with Crippen LogP contribution < -0.4 is 5.73 Å². The summed E-state index contributed by atoms with van der Waals surface area (Å²) in [5.74, 6) is 1.16. The number of allylic oxidation sites excluding steroid dienone is 1. The van der Waals surface area contributed by atoms with Crippen LogP contribution in [-0.2, 0) is 9.53 Å². The van der Waals surface area contributed by atoms with Crippen LogP contribution in [0.1, 0.15) is 59.8 Å². The SMILES string of the molecule is CC1CC/C=C(/CC(=O)OC(C)(C)C)CCC1CN. The van der Waals surface area contributed by atoms with Gasteiger partial charge >= 0.3 is 5.97 Å². The molecule has 1 aliphatic rings. The first-order chi connectivity index (χ1) is 8.81. The van der Waals surface area contributed by atoms with Gasteiger partial charge in [-0.05, 0) is 64.8 Å². The van der Waals surface area contributed by atoms with Crippen LogP contribution >= 0.6 is 0 Å². The summed E-state index contributed by atoms with van der Waals surface area (Å²) in [7, 11) is 0. The highest BCUT2D eigenvalue weighted by atomic mass is 16.6. The Hall–Kier alpha value is -0.830. The molecule has 0 saturated carbocycles. The van der Waals surface area contributed by atoms with Crippen LogP contribution in [-0.4, -0.2) is 18.1 Å². The van der Waals surface area contributed by atoms with Crippen LogP contribution in [0.15, 0.2) is 11.6 Å². The lowest BCUT2D eigenvalue weighted by molar-refractivity contribution is -0.153.